The molecule has 0 radical (unpaired) electrons. The van der Waals surface area contributed by atoms with Crippen molar-refractivity contribution in [3.05, 3.63) is 35.9 Å². The van der Waals surface area contributed by atoms with Crippen LogP contribution in [-0.2, 0) is 15.3 Å². The summed E-state index contributed by atoms with van der Waals surface area (Å²) in [5.41, 5.74) is -3.72. The third kappa shape index (κ3) is 6.90. The van der Waals surface area contributed by atoms with Crippen molar-refractivity contribution in [3.8, 4) is 0 Å². The molecule has 1 aromatic rings. The van der Waals surface area contributed by atoms with E-state index in [0.29, 0.717) is 6.92 Å². The van der Waals surface area contributed by atoms with Gasteiger partial charge < -0.3 is 0 Å². The molecule has 0 heterocycles. The first-order valence-corrected chi connectivity index (χ1v) is 7.03. The number of hydrogen-bond donors (Lipinski definition) is 0. The van der Waals surface area contributed by atoms with E-state index in [0.717, 1.165) is 24.3 Å². The first-order valence-electron chi connectivity index (χ1n) is 7.03. The number of halogens is 12. The predicted octanol–water partition coefficient (Wildman–Crippen LogP) is 5.45. The Morgan fingerprint density at radius 2 is 1.03 bits per heavy atom. The van der Waals surface area contributed by atoms with E-state index in [9.17, 15) is 52.7 Å². The smallest absolute Gasteiger partial charge is 0.281 e. The second-order valence-corrected chi connectivity index (χ2v) is 5.42. The third-order valence-corrected chi connectivity index (χ3v) is 3.07. The molecule has 0 aromatic heterocycles. The summed E-state index contributed by atoms with van der Waals surface area (Å²) in [5, 5.41) is -4.93. The van der Waals surface area contributed by atoms with Crippen molar-refractivity contribution in [2.24, 2.45) is 0 Å². The zero-order valence-corrected chi connectivity index (χ0v) is 13.8. The fourth-order valence-corrected chi connectivity index (χ4v) is 1.88. The van der Waals surface area contributed by atoms with Gasteiger partial charge in [-0.3, -0.25) is 9.68 Å². The van der Waals surface area contributed by atoms with Crippen LogP contribution in [0, 0.1) is 0 Å². The van der Waals surface area contributed by atoms with Crippen LogP contribution in [0.25, 0.3) is 0 Å². The van der Waals surface area contributed by atoms with E-state index in [1.807, 2.05) is 0 Å². The lowest BCUT2D eigenvalue weighted by Crippen LogP contribution is -2.55. The van der Waals surface area contributed by atoms with Crippen molar-refractivity contribution in [3.63, 3.8) is 0 Å². The van der Waals surface area contributed by atoms with Gasteiger partial charge in [-0.15, -0.1) is 0 Å². The Morgan fingerprint density at radius 1 is 0.655 bits per heavy atom. The SMILES string of the molecule is CC(CON(C(F)(F)F)C(F)(F)F)(ON(C(F)(F)F)C(F)(F)F)c1ccccc1. The van der Waals surface area contributed by atoms with Crippen molar-refractivity contribution in [1.82, 2.24) is 10.1 Å². The first-order chi connectivity index (χ1) is 12.8. The Labute approximate surface area is 154 Å². The second kappa shape index (κ2) is 8.16. The van der Waals surface area contributed by atoms with E-state index < -0.39 is 53.1 Å². The van der Waals surface area contributed by atoms with Crippen molar-refractivity contribution in [1.29, 1.82) is 0 Å². The minimum absolute atomic E-state index is 0.387. The molecular weight excluding hydrogens is 444 g/mol. The lowest BCUT2D eigenvalue weighted by Gasteiger charge is -2.37. The van der Waals surface area contributed by atoms with E-state index in [1.54, 1.807) is 0 Å². The molecule has 0 N–H and O–H groups in total. The van der Waals surface area contributed by atoms with E-state index in [1.165, 1.54) is 6.07 Å². The first kappa shape index (κ1) is 25.3. The average molecular weight is 454 g/mol. The molecule has 1 unspecified atom stereocenters. The molecule has 0 fully saturated rings. The van der Waals surface area contributed by atoms with Gasteiger partial charge in [0.25, 0.3) is 0 Å². The summed E-state index contributed by atoms with van der Waals surface area (Å²) < 4.78 is 151. The van der Waals surface area contributed by atoms with Gasteiger partial charge in [-0.2, -0.15) is 52.7 Å². The largest absolute Gasteiger partial charge is 0.490 e. The highest BCUT2D eigenvalue weighted by Gasteiger charge is 2.60. The molecule has 1 rings (SSSR count). The van der Waals surface area contributed by atoms with Crippen LogP contribution in [0.15, 0.2) is 30.3 Å². The van der Waals surface area contributed by atoms with Gasteiger partial charge in [-0.05, 0) is 12.5 Å². The Balaban J connectivity index is 3.34. The average Bonchev–Trinajstić information content (AvgIpc) is 2.49. The highest BCUT2D eigenvalue weighted by atomic mass is 19.4. The number of alkyl halides is 12. The van der Waals surface area contributed by atoms with Crippen molar-refractivity contribution < 1.29 is 62.4 Å². The van der Waals surface area contributed by atoms with Crippen LogP contribution in [0.4, 0.5) is 52.7 Å². The van der Waals surface area contributed by atoms with Crippen LogP contribution in [0.2, 0.25) is 0 Å². The molecule has 1 aromatic carbocycles. The van der Waals surface area contributed by atoms with Gasteiger partial charge in [0.1, 0.15) is 12.2 Å². The molecule has 1 atom stereocenters. The lowest BCUT2D eigenvalue weighted by molar-refractivity contribution is -0.521. The third-order valence-electron chi connectivity index (χ3n) is 3.07. The molecule has 0 bridgehead atoms. The standard InChI is InChI=1S/C13H10F12N2O2/c1-9(8-5-3-2-4-6-8,29-27(12(20,21)22)13(23,24)25)7-28-26(10(14,15)16)11(17,18)19/h2-6H,7H2,1H3. The number of hydroxylamine groups is 4. The molecular formula is C13H10F12N2O2. The fraction of sp³-hybridized carbons (Fsp3) is 0.538. The maximum absolute atomic E-state index is 12.7. The minimum Gasteiger partial charge on any atom is -0.281 e. The van der Waals surface area contributed by atoms with Crippen LogP contribution in [0.5, 0.6) is 0 Å². The Bertz CT molecular complexity index is 627. The van der Waals surface area contributed by atoms with Gasteiger partial charge >= 0.3 is 25.2 Å². The molecule has 0 amide bonds. The number of hydrogen-bond acceptors (Lipinski definition) is 4. The topological polar surface area (TPSA) is 24.9 Å². The number of benzene rings is 1. The molecule has 0 spiro atoms. The molecule has 4 nitrogen and oxygen atoms in total. The van der Waals surface area contributed by atoms with E-state index in [4.69, 9.17) is 0 Å². The highest BCUT2D eigenvalue weighted by Crippen LogP contribution is 2.40. The summed E-state index contributed by atoms with van der Waals surface area (Å²) in [6.45, 7) is -1.64. The van der Waals surface area contributed by atoms with Crippen LogP contribution < -0.4 is 0 Å². The van der Waals surface area contributed by atoms with Gasteiger partial charge in [-0.1, -0.05) is 30.3 Å². The fourth-order valence-electron chi connectivity index (χ4n) is 1.88. The minimum atomic E-state index is -6.23. The maximum Gasteiger partial charge on any atom is 0.490 e. The molecule has 16 heteroatoms. The Morgan fingerprint density at radius 3 is 1.38 bits per heavy atom. The summed E-state index contributed by atoms with van der Waals surface area (Å²) in [6.07, 6.45) is -24.9. The molecule has 29 heavy (non-hydrogen) atoms. The van der Waals surface area contributed by atoms with Crippen LogP contribution in [0.3, 0.4) is 0 Å². The summed E-state index contributed by atoms with van der Waals surface area (Å²) in [7, 11) is 0. The monoisotopic (exact) mass is 454 g/mol. The molecule has 0 aliphatic carbocycles. The molecule has 168 valence electrons. The van der Waals surface area contributed by atoms with Gasteiger partial charge in [-0.25, -0.2) is 0 Å². The molecule has 0 saturated carbocycles. The number of nitrogens with zero attached hydrogens (tertiary/aromatic N) is 2. The Kier molecular flexibility index (Phi) is 7.10. The Hall–Kier alpha value is -1.78. The van der Waals surface area contributed by atoms with E-state index >= 15 is 0 Å². The van der Waals surface area contributed by atoms with Gasteiger partial charge in [0.05, 0.1) is 0 Å². The van der Waals surface area contributed by atoms with Gasteiger partial charge in [0, 0.05) is 10.1 Å². The van der Waals surface area contributed by atoms with E-state index in [-0.39, 0.29) is 0 Å². The predicted molar refractivity (Wildman–Crippen MR) is 68.7 cm³/mol. The molecule has 0 saturated heterocycles. The number of rotatable bonds is 6. The summed E-state index contributed by atoms with van der Waals surface area (Å²) >= 11 is 0. The summed E-state index contributed by atoms with van der Waals surface area (Å²) in [5.74, 6) is 0. The van der Waals surface area contributed by atoms with Crippen molar-refractivity contribution in [2.75, 3.05) is 6.61 Å². The second-order valence-electron chi connectivity index (χ2n) is 5.42. The zero-order valence-electron chi connectivity index (χ0n) is 13.8. The molecule has 0 aliphatic rings. The maximum atomic E-state index is 12.7. The van der Waals surface area contributed by atoms with Crippen molar-refractivity contribution >= 4 is 0 Å². The van der Waals surface area contributed by atoms with Gasteiger partial charge in [0.2, 0.25) is 0 Å². The lowest BCUT2D eigenvalue weighted by atomic mass is 9.97. The zero-order chi connectivity index (χ0) is 22.9. The summed E-state index contributed by atoms with van der Waals surface area (Å²) in [4.78, 5) is 7.34. The van der Waals surface area contributed by atoms with E-state index in [2.05, 4.69) is 9.68 Å². The molecule has 0 aliphatic heterocycles. The van der Waals surface area contributed by atoms with Crippen LogP contribution >= 0.6 is 0 Å². The quantitative estimate of drug-likeness (QED) is 0.325. The highest BCUT2D eigenvalue weighted by molar-refractivity contribution is 5.21. The van der Waals surface area contributed by atoms with Crippen molar-refractivity contribution in [2.45, 2.75) is 37.7 Å². The summed E-state index contributed by atoms with van der Waals surface area (Å²) in [6, 6.07) is 4.97. The van der Waals surface area contributed by atoms with Crippen LogP contribution in [-0.4, -0.2) is 41.9 Å². The van der Waals surface area contributed by atoms with Gasteiger partial charge in [0.15, 0.2) is 0 Å². The normalized spacial score (nSPS) is 16.4. The van der Waals surface area contributed by atoms with Crippen LogP contribution in [0.1, 0.15) is 12.5 Å².